The highest BCUT2D eigenvalue weighted by Crippen LogP contribution is 2.40. The third-order valence-corrected chi connectivity index (χ3v) is 5.45. The summed E-state index contributed by atoms with van der Waals surface area (Å²) in [5, 5.41) is 1.13. The van der Waals surface area contributed by atoms with Gasteiger partial charge in [-0.15, -0.1) is 0 Å². The molecule has 21 heavy (non-hydrogen) atoms. The number of benzene rings is 1. The van der Waals surface area contributed by atoms with Gasteiger partial charge in [-0.1, -0.05) is 23.2 Å². The summed E-state index contributed by atoms with van der Waals surface area (Å²) >= 11 is 17.9. The fourth-order valence-electron chi connectivity index (χ4n) is 3.49. The smallest absolute Gasteiger partial charge is 0.316 e. The van der Waals surface area contributed by atoms with E-state index < -0.39 is 0 Å². The maximum absolute atomic E-state index is 11.3. The summed E-state index contributed by atoms with van der Waals surface area (Å²) in [4.78, 5) is 15.4. The number of hydrogen-bond donors (Lipinski definition) is 0. The standard InChI is InChI=1S/C15H17Cl3N2O/c16-12-1-2-13(17)11(7-12)8-19-5-3-15(9-19)4-6-20(10-15)14(18)21/h1-2,7H,3-6,8-10H2. The van der Waals surface area contributed by atoms with Crippen molar-refractivity contribution in [1.82, 2.24) is 9.80 Å². The van der Waals surface area contributed by atoms with Gasteiger partial charge in [0.1, 0.15) is 0 Å². The van der Waals surface area contributed by atoms with Crippen LogP contribution in [-0.2, 0) is 6.54 Å². The van der Waals surface area contributed by atoms with Crippen LogP contribution < -0.4 is 0 Å². The Labute approximate surface area is 139 Å². The fourth-order valence-corrected chi connectivity index (χ4v) is 4.00. The first-order valence-corrected chi connectivity index (χ1v) is 8.22. The molecular weight excluding hydrogens is 331 g/mol. The monoisotopic (exact) mass is 346 g/mol. The molecule has 0 aromatic heterocycles. The van der Waals surface area contributed by atoms with Crippen molar-refractivity contribution < 1.29 is 4.79 Å². The number of carbonyl (C=O) groups excluding carboxylic acids is 1. The van der Waals surface area contributed by atoms with Crippen molar-refractivity contribution >= 4 is 40.2 Å². The van der Waals surface area contributed by atoms with E-state index in [2.05, 4.69) is 4.90 Å². The van der Waals surface area contributed by atoms with Crippen molar-refractivity contribution in [2.75, 3.05) is 26.2 Å². The van der Waals surface area contributed by atoms with Gasteiger partial charge in [0.25, 0.3) is 0 Å². The number of likely N-dealkylation sites (tertiary alicyclic amines) is 2. The van der Waals surface area contributed by atoms with Crippen LogP contribution in [0.3, 0.4) is 0 Å². The van der Waals surface area contributed by atoms with E-state index in [1.807, 2.05) is 12.1 Å². The first kappa shape index (κ1) is 15.4. The highest BCUT2D eigenvalue weighted by Gasteiger charge is 2.44. The fraction of sp³-hybridized carbons (Fsp3) is 0.533. The molecule has 0 saturated carbocycles. The van der Waals surface area contributed by atoms with Gasteiger partial charge in [0.15, 0.2) is 0 Å². The molecule has 1 aromatic carbocycles. The zero-order chi connectivity index (χ0) is 15.0. The van der Waals surface area contributed by atoms with Crippen LogP contribution in [0.25, 0.3) is 0 Å². The molecule has 0 radical (unpaired) electrons. The molecule has 3 rings (SSSR count). The first-order chi connectivity index (χ1) is 9.97. The van der Waals surface area contributed by atoms with Crippen molar-refractivity contribution in [2.24, 2.45) is 5.41 Å². The molecule has 114 valence electrons. The number of hydrogen-bond acceptors (Lipinski definition) is 2. The Morgan fingerprint density at radius 1 is 1.19 bits per heavy atom. The Morgan fingerprint density at radius 2 is 1.95 bits per heavy atom. The lowest BCUT2D eigenvalue weighted by Gasteiger charge is -2.24. The molecule has 2 saturated heterocycles. The Morgan fingerprint density at radius 3 is 2.67 bits per heavy atom. The van der Waals surface area contributed by atoms with Gasteiger partial charge in [-0.25, -0.2) is 0 Å². The van der Waals surface area contributed by atoms with Crippen molar-refractivity contribution in [2.45, 2.75) is 19.4 Å². The lowest BCUT2D eigenvalue weighted by atomic mass is 9.86. The van der Waals surface area contributed by atoms with Crippen LogP contribution in [-0.4, -0.2) is 41.3 Å². The summed E-state index contributed by atoms with van der Waals surface area (Å²) < 4.78 is 0. The van der Waals surface area contributed by atoms with E-state index in [-0.39, 0.29) is 10.8 Å². The van der Waals surface area contributed by atoms with Crippen molar-refractivity contribution in [3.05, 3.63) is 33.8 Å². The van der Waals surface area contributed by atoms with Gasteiger partial charge >= 0.3 is 5.37 Å². The zero-order valence-electron chi connectivity index (χ0n) is 11.6. The molecule has 6 heteroatoms. The summed E-state index contributed by atoms with van der Waals surface area (Å²) in [6.45, 7) is 4.35. The highest BCUT2D eigenvalue weighted by molar-refractivity contribution is 6.62. The average Bonchev–Trinajstić information content (AvgIpc) is 3.02. The summed E-state index contributed by atoms with van der Waals surface area (Å²) in [6.07, 6.45) is 2.14. The third-order valence-electron chi connectivity index (χ3n) is 4.61. The lowest BCUT2D eigenvalue weighted by Crippen LogP contribution is -2.31. The number of carbonyl (C=O) groups is 1. The number of amides is 1. The molecule has 1 atom stereocenters. The number of nitrogens with zero attached hydrogens (tertiary/aromatic N) is 2. The zero-order valence-corrected chi connectivity index (χ0v) is 13.9. The first-order valence-electron chi connectivity index (χ1n) is 7.08. The van der Waals surface area contributed by atoms with Gasteiger partial charge in [-0.05, 0) is 54.7 Å². The summed E-state index contributed by atoms with van der Waals surface area (Å²) in [7, 11) is 0. The largest absolute Gasteiger partial charge is 0.329 e. The van der Waals surface area contributed by atoms with Crippen LogP contribution in [0.15, 0.2) is 18.2 Å². The molecule has 0 bridgehead atoms. The predicted octanol–water partition coefficient (Wildman–Crippen LogP) is 4.25. The molecule has 1 aromatic rings. The van der Waals surface area contributed by atoms with E-state index in [1.54, 1.807) is 11.0 Å². The van der Waals surface area contributed by atoms with Gasteiger partial charge in [0.2, 0.25) is 0 Å². The van der Waals surface area contributed by atoms with E-state index in [0.29, 0.717) is 5.02 Å². The minimum Gasteiger partial charge on any atom is -0.329 e. The van der Waals surface area contributed by atoms with Crippen LogP contribution in [0.5, 0.6) is 0 Å². The second-order valence-electron chi connectivity index (χ2n) is 6.12. The van der Waals surface area contributed by atoms with Crippen LogP contribution in [0.4, 0.5) is 4.79 Å². The SMILES string of the molecule is O=C(Cl)N1CCC2(CCN(Cc3cc(Cl)ccc3Cl)C2)C1. The second-order valence-corrected chi connectivity index (χ2v) is 7.29. The lowest BCUT2D eigenvalue weighted by molar-refractivity contribution is 0.218. The Kier molecular flexibility index (Phi) is 4.37. The molecule has 1 spiro atoms. The molecule has 2 fully saturated rings. The Balaban J connectivity index is 1.65. The van der Waals surface area contributed by atoms with E-state index in [4.69, 9.17) is 34.8 Å². The normalized spacial score (nSPS) is 26.0. The molecular formula is C15H17Cl3N2O. The molecule has 0 aliphatic carbocycles. The van der Waals surface area contributed by atoms with Crippen LogP contribution in [0, 0.1) is 5.41 Å². The molecule has 3 nitrogen and oxygen atoms in total. The Bertz CT molecular complexity index is 566. The van der Waals surface area contributed by atoms with E-state index in [1.165, 1.54) is 0 Å². The summed E-state index contributed by atoms with van der Waals surface area (Å²) in [5.41, 5.74) is 1.26. The van der Waals surface area contributed by atoms with Crippen molar-refractivity contribution in [3.63, 3.8) is 0 Å². The van der Waals surface area contributed by atoms with E-state index in [0.717, 1.165) is 56.2 Å². The van der Waals surface area contributed by atoms with Crippen LogP contribution in [0.2, 0.25) is 10.0 Å². The van der Waals surface area contributed by atoms with Gasteiger partial charge in [0, 0.05) is 41.6 Å². The second kappa shape index (κ2) is 5.96. The number of halogens is 3. The van der Waals surface area contributed by atoms with Gasteiger partial charge in [-0.3, -0.25) is 9.69 Å². The minimum atomic E-state index is -0.330. The van der Waals surface area contributed by atoms with Crippen LogP contribution in [0.1, 0.15) is 18.4 Å². The molecule has 2 heterocycles. The molecule has 1 amide bonds. The molecule has 2 aliphatic heterocycles. The minimum absolute atomic E-state index is 0.204. The van der Waals surface area contributed by atoms with E-state index >= 15 is 0 Å². The van der Waals surface area contributed by atoms with Gasteiger partial charge < -0.3 is 4.90 Å². The average molecular weight is 348 g/mol. The van der Waals surface area contributed by atoms with Crippen molar-refractivity contribution in [1.29, 1.82) is 0 Å². The maximum Gasteiger partial charge on any atom is 0.316 e. The number of rotatable bonds is 2. The third kappa shape index (κ3) is 3.31. The summed E-state index contributed by atoms with van der Waals surface area (Å²) in [6, 6.07) is 5.58. The maximum atomic E-state index is 11.3. The topological polar surface area (TPSA) is 23.6 Å². The van der Waals surface area contributed by atoms with Gasteiger partial charge in [-0.2, -0.15) is 0 Å². The Hall–Kier alpha value is -0.480. The van der Waals surface area contributed by atoms with Crippen LogP contribution >= 0.6 is 34.8 Å². The quantitative estimate of drug-likeness (QED) is 0.590. The van der Waals surface area contributed by atoms with E-state index in [9.17, 15) is 4.79 Å². The van der Waals surface area contributed by atoms with Gasteiger partial charge in [0.05, 0.1) is 0 Å². The molecule has 2 aliphatic rings. The summed E-state index contributed by atoms with van der Waals surface area (Å²) in [5.74, 6) is 0. The predicted molar refractivity (Wildman–Crippen MR) is 86.2 cm³/mol. The highest BCUT2D eigenvalue weighted by atomic mass is 35.5. The molecule has 1 unspecified atom stereocenters. The molecule has 0 N–H and O–H groups in total. The van der Waals surface area contributed by atoms with Crippen molar-refractivity contribution in [3.8, 4) is 0 Å².